The Hall–Kier alpha value is -1.83. The van der Waals surface area contributed by atoms with Crippen molar-refractivity contribution in [3.8, 4) is 5.88 Å². The second kappa shape index (κ2) is 6.95. The second-order valence-electron chi connectivity index (χ2n) is 5.06. The highest BCUT2D eigenvalue weighted by atomic mass is 79.9. The molecule has 0 unspecified atom stereocenters. The van der Waals surface area contributed by atoms with E-state index in [1.807, 2.05) is 24.6 Å². The van der Waals surface area contributed by atoms with Crippen LogP contribution in [0.3, 0.4) is 0 Å². The van der Waals surface area contributed by atoms with Crippen LogP contribution in [0.4, 0.5) is 0 Å². The highest BCUT2D eigenvalue weighted by molar-refractivity contribution is 9.10. The Kier molecular flexibility index (Phi) is 5.23. The van der Waals surface area contributed by atoms with Crippen molar-refractivity contribution in [1.82, 2.24) is 24.9 Å². The van der Waals surface area contributed by atoms with Crippen molar-refractivity contribution in [3.63, 3.8) is 0 Å². The van der Waals surface area contributed by atoms with E-state index in [2.05, 4.69) is 31.4 Å². The van der Waals surface area contributed by atoms with Crippen LogP contribution in [0, 0.1) is 13.8 Å². The van der Waals surface area contributed by atoms with Crippen LogP contribution < -0.4 is 10.1 Å². The molecule has 0 saturated heterocycles. The molecule has 0 aromatic carbocycles. The van der Waals surface area contributed by atoms with Gasteiger partial charge in [0.15, 0.2) is 5.69 Å². The average molecular weight is 370 g/mol. The fraction of sp³-hybridized carbons (Fsp3) is 0.500. The van der Waals surface area contributed by atoms with Gasteiger partial charge in [0.2, 0.25) is 5.88 Å². The van der Waals surface area contributed by atoms with E-state index in [1.165, 1.54) is 11.8 Å². The van der Waals surface area contributed by atoms with Gasteiger partial charge in [0, 0.05) is 25.8 Å². The lowest BCUT2D eigenvalue weighted by Crippen LogP contribution is -2.26. The zero-order valence-electron chi connectivity index (χ0n) is 13.2. The summed E-state index contributed by atoms with van der Waals surface area (Å²) in [5.74, 6) is 0.298. The van der Waals surface area contributed by atoms with Gasteiger partial charge in [-0.3, -0.25) is 9.48 Å². The molecule has 2 rings (SSSR count). The minimum atomic E-state index is -0.223. The van der Waals surface area contributed by atoms with Crippen LogP contribution in [-0.2, 0) is 13.6 Å². The summed E-state index contributed by atoms with van der Waals surface area (Å²) in [6.45, 7) is 5.32. The molecule has 0 aliphatic rings. The molecule has 1 N–H and O–H groups in total. The number of methoxy groups -OCH3 is 1. The Balaban J connectivity index is 1.87. The quantitative estimate of drug-likeness (QED) is 0.788. The van der Waals surface area contributed by atoms with Gasteiger partial charge < -0.3 is 10.1 Å². The monoisotopic (exact) mass is 369 g/mol. The summed E-state index contributed by atoms with van der Waals surface area (Å²) in [5, 5.41) is 11.4. The van der Waals surface area contributed by atoms with Crippen LogP contribution >= 0.6 is 15.9 Å². The third-order valence-electron chi connectivity index (χ3n) is 3.28. The number of nitrogens with one attached hydrogen (secondary N) is 1. The number of halogens is 1. The first-order chi connectivity index (χ1) is 10.4. The normalized spacial score (nSPS) is 10.8. The first-order valence-electron chi connectivity index (χ1n) is 6.99. The third kappa shape index (κ3) is 3.49. The maximum Gasteiger partial charge on any atom is 0.273 e. The van der Waals surface area contributed by atoms with E-state index in [0.29, 0.717) is 22.6 Å². The van der Waals surface area contributed by atoms with Crippen LogP contribution in [0.25, 0.3) is 0 Å². The number of ether oxygens (including phenoxy) is 1. The Morgan fingerprint density at radius 1 is 1.41 bits per heavy atom. The maximum absolute atomic E-state index is 12.1. The minimum Gasteiger partial charge on any atom is -0.480 e. The highest BCUT2D eigenvalue weighted by Gasteiger charge is 2.20. The lowest BCUT2D eigenvalue weighted by atomic mass is 10.3. The van der Waals surface area contributed by atoms with E-state index >= 15 is 0 Å². The first kappa shape index (κ1) is 16.5. The van der Waals surface area contributed by atoms with Crippen molar-refractivity contribution in [3.05, 3.63) is 27.6 Å². The molecule has 22 heavy (non-hydrogen) atoms. The molecule has 0 spiro atoms. The van der Waals surface area contributed by atoms with E-state index in [1.54, 1.807) is 7.05 Å². The molecule has 0 atom stereocenters. The molecule has 0 bridgehead atoms. The topological polar surface area (TPSA) is 74.0 Å². The van der Waals surface area contributed by atoms with Gasteiger partial charge in [-0.25, -0.2) is 4.68 Å². The number of amides is 1. The second-order valence-corrected chi connectivity index (χ2v) is 5.85. The zero-order valence-corrected chi connectivity index (χ0v) is 14.8. The Morgan fingerprint density at radius 2 is 2.14 bits per heavy atom. The predicted octanol–water partition coefficient (Wildman–Crippen LogP) is 1.82. The summed E-state index contributed by atoms with van der Waals surface area (Å²) in [4.78, 5) is 12.1. The van der Waals surface area contributed by atoms with Gasteiger partial charge in [-0.1, -0.05) is 0 Å². The molecule has 0 radical (unpaired) electrons. The van der Waals surface area contributed by atoms with Crippen LogP contribution in [0.5, 0.6) is 5.88 Å². The molecule has 2 aromatic rings. The first-order valence-corrected chi connectivity index (χ1v) is 7.79. The average Bonchev–Trinajstić information content (AvgIpc) is 2.93. The van der Waals surface area contributed by atoms with Crippen molar-refractivity contribution < 1.29 is 9.53 Å². The van der Waals surface area contributed by atoms with E-state index < -0.39 is 0 Å². The van der Waals surface area contributed by atoms with Crippen molar-refractivity contribution in [1.29, 1.82) is 0 Å². The number of hydrogen-bond donors (Lipinski definition) is 1. The van der Waals surface area contributed by atoms with Crippen molar-refractivity contribution in [2.45, 2.75) is 26.8 Å². The van der Waals surface area contributed by atoms with Crippen LogP contribution in [0.2, 0.25) is 0 Å². The number of nitrogens with zero attached hydrogens (tertiary/aromatic N) is 4. The molecular formula is C14H20BrN5O2. The molecule has 2 aromatic heterocycles. The summed E-state index contributed by atoms with van der Waals surface area (Å²) < 4.78 is 9.20. The van der Waals surface area contributed by atoms with Gasteiger partial charge in [0.25, 0.3) is 5.91 Å². The molecule has 0 aliphatic heterocycles. The van der Waals surface area contributed by atoms with Crippen LogP contribution in [0.15, 0.2) is 10.5 Å². The van der Waals surface area contributed by atoms with Gasteiger partial charge in [0.1, 0.15) is 4.47 Å². The van der Waals surface area contributed by atoms with Gasteiger partial charge in [0.05, 0.1) is 12.8 Å². The van der Waals surface area contributed by atoms with Gasteiger partial charge in [-0.15, -0.1) is 0 Å². The summed E-state index contributed by atoms with van der Waals surface area (Å²) >= 11 is 3.34. The lowest BCUT2D eigenvalue weighted by molar-refractivity contribution is 0.0946. The predicted molar refractivity (Wildman–Crippen MR) is 86.1 cm³/mol. The third-order valence-corrected chi connectivity index (χ3v) is 4.00. The van der Waals surface area contributed by atoms with E-state index in [0.717, 1.165) is 24.4 Å². The fourth-order valence-electron chi connectivity index (χ4n) is 2.27. The Morgan fingerprint density at radius 3 is 2.68 bits per heavy atom. The maximum atomic E-state index is 12.1. The van der Waals surface area contributed by atoms with E-state index in [-0.39, 0.29) is 5.91 Å². The molecule has 2 heterocycles. The molecule has 8 heteroatoms. The Bertz CT molecular complexity index is 677. The molecular weight excluding hydrogens is 350 g/mol. The van der Waals surface area contributed by atoms with E-state index in [4.69, 9.17) is 4.74 Å². The van der Waals surface area contributed by atoms with Gasteiger partial charge in [-0.2, -0.15) is 10.2 Å². The van der Waals surface area contributed by atoms with Crippen LogP contribution in [0.1, 0.15) is 28.3 Å². The smallest absolute Gasteiger partial charge is 0.273 e. The summed E-state index contributed by atoms with van der Waals surface area (Å²) in [6, 6.07) is 2.04. The van der Waals surface area contributed by atoms with Crippen LogP contribution in [-0.4, -0.2) is 39.1 Å². The molecule has 0 saturated carbocycles. The van der Waals surface area contributed by atoms with Gasteiger partial charge >= 0.3 is 0 Å². The van der Waals surface area contributed by atoms with E-state index in [9.17, 15) is 4.79 Å². The summed E-state index contributed by atoms with van der Waals surface area (Å²) in [7, 11) is 3.26. The molecule has 1 amide bonds. The minimum absolute atomic E-state index is 0.223. The largest absolute Gasteiger partial charge is 0.480 e. The number of carbonyl (C=O) groups is 1. The lowest BCUT2D eigenvalue weighted by Gasteiger charge is -2.05. The molecule has 7 nitrogen and oxygen atoms in total. The zero-order chi connectivity index (χ0) is 16.3. The number of aromatic nitrogens is 4. The van der Waals surface area contributed by atoms with Crippen molar-refractivity contribution >= 4 is 21.8 Å². The molecule has 0 fully saturated rings. The molecule has 0 aliphatic carbocycles. The number of aryl methyl sites for hydroxylation is 4. The fourth-order valence-corrected chi connectivity index (χ4v) is 2.94. The van der Waals surface area contributed by atoms with Crippen molar-refractivity contribution in [2.24, 2.45) is 7.05 Å². The standard InChI is InChI=1S/C14H20BrN5O2/c1-9-8-10(2)20(17-9)7-5-6-16-13(21)12-11(15)14(22-4)19(3)18-12/h8H,5-7H2,1-4H3,(H,16,21). The molecule has 120 valence electrons. The highest BCUT2D eigenvalue weighted by Crippen LogP contribution is 2.27. The summed E-state index contributed by atoms with van der Waals surface area (Å²) in [6.07, 6.45) is 0.801. The SMILES string of the molecule is COc1c(Br)c(C(=O)NCCCn2nc(C)cc2C)nn1C. The Labute approximate surface area is 137 Å². The number of carbonyl (C=O) groups excluding carboxylic acids is 1. The number of hydrogen-bond acceptors (Lipinski definition) is 4. The van der Waals surface area contributed by atoms with Crippen molar-refractivity contribution in [2.75, 3.05) is 13.7 Å². The van der Waals surface area contributed by atoms with Gasteiger partial charge in [-0.05, 0) is 42.3 Å². The number of rotatable bonds is 6. The summed E-state index contributed by atoms with van der Waals surface area (Å²) in [5.41, 5.74) is 2.46.